The molecule has 1 unspecified atom stereocenters. The third kappa shape index (κ3) is 2.24. The fourth-order valence-electron chi connectivity index (χ4n) is 1.44. The molecule has 0 aromatic carbocycles. The van der Waals surface area contributed by atoms with Gasteiger partial charge in [0.25, 0.3) is 0 Å². The summed E-state index contributed by atoms with van der Waals surface area (Å²) in [6, 6.07) is 0. The Morgan fingerprint density at radius 2 is 1.71 bits per heavy atom. The highest BCUT2D eigenvalue weighted by molar-refractivity contribution is 9.09. The van der Waals surface area contributed by atoms with Crippen molar-refractivity contribution in [3.05, 3.63) is 24.3 Å². The lowest BCUT2D eigenvalue weighted by atomic mass is 9.75. The largest absolute Gasteiger partial charge is 0.396 e. The maximum absolute atomic E-state index is 12.7. The lowest BCUT2D eigenvalue weighted by Crippen LogP contribution is -2.41. The number of rotatable bonds is 2. The van der Waals surface area contributed by atoms with Gasteiger partial charge in [0.2, 0.25) is 0 Å². The van der Waals surface area contributed by atoms with Gasteiger partial charge in [-0.3, -0.25) is 0 Å². The van der Waals surface area contributed by atoms with Crippen molar-refractivity contribution < 1.29 is 13.2 Å². The van der Waals surface area contributed by atoms with Crippen LogP contribution in [-0.2, 0) is 0 Å². The van der Waals surface area contributed by atoms with Gasteiger partial charge in [-0.15, -0.1) is 0 Å². The van der Waals surface area contributed by atoms with Crippen LogP contribution in [0.25, 0.3) is 0 Å². The van der Waals surface area contributed by atoms with Crippen LogP contribution in [0.1, 0.15) is 0 Å². The first-order chi connectivity index (χ1) is 6.46. The fourth-order valence-corrected chi connectivity index (χ4v) is 3.44. The Morgan fingerprint density at radius 1 is 1.14 bits per heavy atom. The van der Waals surface area contributed by atoms with E-state index in [1.807, 2.05) is 0 Å². The highest BCUT2D eigenvalue weighted by atomic mass is 79.9. The van der Waals surface area contributed by atoms with Gasteiger partial charge in [-0.25, -0.2) is 0 Å². The van der Waals surface area contributed by atoms with Gasteiger partial charge in [-0.2, -0.15) is 13.2 Å². The summed E-state index contributed by atoms with van der Waals surface area (Å²) in [7, 11) is 0. The Balaban J connectivity index is 3.03. The van der Waals surface area contributed by atoms with Crippen molar-refractivity contribution in [1.82, 2.24) is 0 Å². The van der Waals surface area contributed by atoms with E-state index < -0.39 is 17.5 Å². The van der Waals surface area contributed by atoms with Crippen molar-refractivity contribution in [2.45, 2.75) is 6.18 Å². The highest BCUT2D eigenvalue weighted by Gasteiger charge is 2.50. The summed E-state index contributed by atoms with van der Waals surface area (Å²) in [6.07, 6.45) is 1.73. The molecule has 0 amide bonds. The van der Waals surface area contributed by atoms with E-state index in [2.05, 4.69) is 31.9 Å². The van der Waals surface area contributed by atoms with Crippen LogP contribution in [0.15, 0.2) is 24.3 Å². The number of hydrogen-bond donors (Lipinski definition) is 0. The number of halogens is 5. The minimum atomic E-state index is -4.19. The van der Waals surface area contributed by atoms with Crippen LogP contribution in [0.4, 0.5) is 13.2 Å². The highest BCUT2D eigenvalue weighted by Crippen LogP contribution is 2.46. The minimum Gasteiger partial charge on any atom is -0.170 e. The average molecular weight is 334 g/mol. The van der Waals surface area contributed by atoms with Crippen LogP contribution in [-0.4, -0.2) is 16.8 Å². The van der Waals surface area contributed by atoms with E-state index in [0.717, 1.165) is 0 Å². The van der Waals surface area contributed by atoms with Crippen LogP contribution in [0, 0.1) is 11.3 Å². The molecular weight excluding hydrogens is 325 g/mol. The van der Waals surface area contributed by atoms with E-state index in [9.17, 15) is 13.2 Å². The molecule has 0 nitrogen and oxygen atoms in total. The fraction of sp³-hybridized carbons (Fsp3) is 0.556. The number of alkyl halides is 5. The molecule has 1 aliphatic carbocycles. The number of hydrogen-bond acceptors (Lipinski definition) is 0. The molecule has 1 aliphatic rings. The monoisotopic (exact) mass is 332 g/mol. The van der Waals surface area contributed by atoms with Crippen molar-refractivity contribution in [3.8, 4) is 0 Å². The zero-order valence-corrected chi connectivity index (χ0v) is 10.4. The van der Waals surface area contributed by atoms with Crippen molar-refractivity contribution in [1.29, 1.82) is 0 Å². The molecule has 0 bridgehead atoms. The zero-order chi connectivity index (χ0) is 10.8. The molecule has 0 saturated heterocycles. The zero-order valence-electron chi connectivity index (χ0n) is 7.19. The van der Waals surface area contributed by atoms with Gasteiger partial charge >= 0.3 is 6.18 Å². The molecular formula is C9H9Br2F3. The predicted octanol–water partition coefficient (Wildman–Crippen LogP) is 4.07. The molecule has 0 saturated carbocycles. The van der Waals surface area contributed by atoms with E-state index in [1.54, 1.807) is 12.2 Å². The minimum absolute atomic E-state index is 0.288. The van der Waals surface area contributed by atoms with Crippen LogP contribution in [0.3, 0.4) is 0 Å². The summed E-state index contributed by atoms with van der Waals surface area (Å²) in [5.74, 6) is -1.42. The maximum Gasteiger partial charge on any atom is 0.396 e. The quantitative estimate of drug-likeness (QED) is 0.668. The molecule has 1 rings (SSSR count). The molecule has 0 aromatic rings. The average Bonchev–Trinajstić information content (AvgIpc) is 2.16. The second-order valence-corrected chi connectivity index (χ2v) is 4.39. The van der Waals surface area contributed by atoms with Crippen molar-refractivity contribution >= 4 is 31.9 Å². The SMILES string of the molecule is FC(F)(F)C1C=CC=CC1(CBr)CBr. The first-order valence-corrected chi connectivity index (χ1v) is 6.25. The van der Waals surface area contributed by atoms with Gasteiger partial charge in [-0.1, -0.05) is 56.2 Å². The van der Waals surface area contributed by atoms with Gasteiger partial charge in [0.15, 0.2) is 0 Å². The second-order valence-electron chi connectivity index (χ2n) is 3.26. The molecule has 0 fully saturated rings. The maximum atomic E-state index is 12.7. The molecule has 0 radical (unpaired) electrons. The van der Waals surface area contributed by atoms with Crippen molar-refractivity contribution in [3.63, 3.8) is 0 Å². The summed E-state index contributed by atoms with van der Waals surface area (Å²) in [6.45, 7) is 0. The van der Waals surface area contributed by atoms with Crippen molar-refractivity contribution in [2.24, 2.45) is 11.3 Å². The van der Waals surface area contributed by atoms with Crippen LogP contribution >= 0.6 is 31.9 Å². The molecule has 1 atom stereocenters. The molecule has 0 N–H and O–H groups in total. The molecule has 0 spiro atoms. The smallest absolute Gasteiger partial charge is 0.170 e. The third-order valence-electron chi connectivity index (χ3n) is 2.31. The topological polar surface area (TPSA) is 0 Å². The van der Waals surface area contributed by atoms with Gasteiger partial charge in [0.05, 0.1) is 5.92 Å². The predicted molar refractivity (Wildman–Crippen MR) is 57.8 cm³/mol. The Labute approximate surface area is 97.5 Å². The summed E-state index contributed by atoms with van der Waals surface area (Å²) < 4.78 is 38.1. The summed E-state index contributed by atoms with van der Waals surface area (Å²) >= 11 is 6.29. The normalized spacial score (nSPS) is 25.4. The van der Waals surface area contributed by atoms with E-state index >= 15 is 0 Å². The van der Waals surface area contributed by atoms with Crippen LogP contribution < -0.4 is 0 Å². The van der Waals surface area contributed by atoms with Gasteiger partial charge in [-0.05, 0) is 0 Å². The lowest BCUT2D eigenvalue weighted by Gasteiger charge is -2.36. The standard InChI is InChI=1S/C9H9Br2F3/c10-5-8(6-11)4-2-1-3-7(8)9(12,13)14/h1-4,7H,5-6H2. The first kappa shape index (κ1) is 12.3. The number of allylic oxidation sites excluding steroid dienone is 4. The Hall–Kier alpha value is 0.230. The van der Waals surface area contributed by atoms with Crippen LogP contribution in [0.2, 0.25) is 0 Å². The van der Waals surface area contributed by atoms with E-state index in [-0.39, 0.29) is 10.7 Å². The van der Waals surface area contributed by atoms with Crippen LogP contribution in [0.5, 0.6) is 0 Å². The summed E-state index contributed by atoms with van der Waals surface area (Å²) in [5, 5.41) is 0.576. The lowest BCUT2D eigenvalue weighted by molar-refractivity contribution is -0.179. The van der Waals surface area contributed by atoms with E-state index in [4.69, 9.17) is 0 Å². The van der Waals surface area contributed by atoms with E-state index in [0.29, 0.717) is 0 Å². The van der Waals surface area contributed by atoms with Gasteiger partial charge < -0.3 is 0 Å². The molecule has 0 heterocycles. The Kier molecular flexibility index (Phi) is 3.86. The Morgan fingerprint density at radius 3 is 2.07 bits per heavy atom. The Bertz CT molecular complexity index is 251. The molecule has 0 aromatic heterocycles. The molecule has 80 valence electrons. The van der Waals surface area contributed by atoms with Gasteiger partial charge in [0.1, 0.15) is 0 Å². The second kappa shape index (κ2) is 4.39. The first-order valence-electron chi connectivity index (χ1n) is 4.01. The van der Waals surface area contributed by atoms with Gasteiger partial charge in [0, 0.05) is 16.1 Å². The van der Waals surface area contributed by atoms with E-state index in [1.165, 1.54) is 12.2 Å². The summed E-state index contributed by atoms with van der Waals surface area (Å²) in [4.78, 5) is 0. The summed E-state index contributed by atoms with van der Waals surface area (Å²) in [5.41, 5.74) is -0.896. The molecule has 0 aliphatic heterocycles. The third-order valence-corrected chi connectivity index (χ3v) is 4.40. The molecule has 14 heavy (non-hydrogen) atoms. The van der Waals surface area contributed by atoms with Crippen molar-refractivity contribution in [2.75, 3.05) is 10.7 Å². The molecule has 5 heteroatoms.